The van der Waals surface area contributed by atoms with Crippen molar-refractivity contribution in [1.29, 1.82) is 0 Å². The molecule has 1 fully saturated rings. The molecule has 0 atom stereocenters. The number of benzene rings is 2. The van der Waals surface area contributed by atoms with Crippen LogP contribution in [0.5, 0.6) is 11.5 Å². The molecule has 0 radical (unpaired) electrons. The molecule has 0 bridgehead atoms. The first-order chi connectivity index (χ1) is 16.4. The Morgan fingerprint density at radius 1 is 1.09 bits per heavy atom. The number of primary amides is 1. The summed E-state index contributed by atoms with van der Waals surface area (Å²) in [5, 5.41) is 5.30. The van der Waals surface area contributed by atoms with E-state index in [9.17, 15) is 9.59 Å². The Bertz CT molecular complexity index is 1290. The van der Waals surface area contributed by atoms with Crippen LogP contribution in [0.1, 0.15) is 34.5 Å². The van der Waals surface area contributed by atoms with Crippen molar-refractivity contribution in [3.05, 3.63) is 58.2 Å². The number of para-hydroxylation sites is 1. The third kappa shape index (κ3) is 3.58. The Labute approximate surface area is 202 Å². The highest BCUT2D eigenvalue weighted by Crippen LogP contribution is 2.45. The number of piperidine rings is 1. The SMILES string of the molecule is COc1cc2c(cc1OC)-c1c(c(C(=O)N3CCC(C(N)=O)CC3)nn1-c1ccccc1Cl)C2. The molecule has 34 heavy (non-hydrogen) atoms. The van der Waals surface area contributed by atoms with Crippen molar-refractivity contribution in [2.45, 2.75) is 19.3 Å². The van der Waals surface area contributed by atoms with Crippen LogP contribution in [0.4, 0.5) is 0 Å². The molecule has 1 saturated heterocycles. The molecular formula is C25H25ClN4O4. The first-order valence-corrected chi connectivity index (χ1v) is 11.5. The number of carbonyl (C=O) groups is 2. The fraction of sp³-hybridized carbons (Fsp3) is 0.320. The van der Waals surface area contributed by atoms with Gasteiger partial charge in [0.05, 0.1) is 30.6 Å². The number of ether oxygens (including phenoxy) is 2. The molecule has 8 nitrogen and oxygen atoms in total. The molecule has 0 unspecified atom stereocenters. The monoisotopic (exact) mass is 480 g/mol. The third-order valence-electron chi connectivity index (χ3n) is 6.68. The van der Waals surface area contributed by atoms with Crippen molar-refractivity contribution >= 4 is 23.4 Å². The first kappa shape index (κ1) is 22.3. The number of rotatable bonds is 5. The topological polar surface area (TPSA) is 99.7 Å². The summed E-state index contributed by atoms with van der Waals surface area (Å²) >= 11 is 6.53. The standard InChI is InChI=1S/C25H25ClN4O4/c1-33-20-12-15-11-17-22(25(32)29-9-7-14(8-10-29)24(27)31)28-30(19-6-4-3-5-18(19)26)23(17)16(15)13-21(20)34-2/h3-6,12-14H,7-11H2,1-2H3,(H2,27,31). The number of amides is 2. The number of nitrogens with zero attached hydrogens (tertiary/aromatic N) is 3. The summed E-state index contributed by atoms with van der Waals surface area (Å²) in [6.45, 7) is 0.934. The second-order valence-corrected chi connectivity index (χ2v) is 8.96. The number of halogens is 1. The predicted octanol–water partition coefficient (Wildman–Crippen LogP) is 3.45. The molecule has 2 heterocycles. The molecule has 3 aromatic rings. The van der Waals surface area contributed by atoms with E-state index in [0.717, 1.165) is 22.4 Å². The maximum Gasteiger partial charge on any atom is 0.274 e. The zero-order chi connectivity index (χ0) is 24.0. The van der Waals surface area contributed by atoms with E-state index in [4.69, 9.17) is 31.9 Å². The van der Waals surface area contributed by atoms with E-state index in [1.807, 2.05) is 30.3 Å². The lowest BCUT2D eigenvalue weighted by molar-refractivity contribution is -0.123. The highest BCUT2D eigenvalue weighted by atomic mass is 35.5. The van der Waals surface area contributed by atoms with Gasteiger partial charge in [-0.15, -0.1) is 0 Å². The van der Waals surface area contributed by atoms with Gasteiger partial charge < -0.3 is 20.1 Å². The minimum absolute atomic E-state index is 0.156. The van der Waals surface area contributed by atoms with Crippen LogP contribution in [0.25, 0.3) is 16.9 Å². The maximum atomic E-state index is 13.6. The number of likely N-dealkylation sites (tertiary alicyclic amines) is 1. The van der Waals surface area contributed by atoms with Crippen LogP contribution in [-0.4, -0.2) is 53.8 Å². The van der Waals surface area contributed by atoms with Crippen molar-refractivity contribution in [1.82, 2.24) is 14.7 Å². The molecule has 1 aliphatic heterocycles. The molecule has 2 aliphatic rings. The smallest absolute Gasteiger partial charge is 0.274 e. The van der Waals surface area contributed by atoms with Gasteiger partial charge in [0, 0.05) is 36.6 Å². The Balaban J connectivity index is 1.61. The average Bonchev–Trinajstić information content (AvgIpc) is 3.40. The second kappa shape index (κ2) is 8.68. The second-order valence-electron chi connectivity index (χ2n) is 8.55. The van der Waals surface area contributed by atoms with Gasteiger partial charge in [0.2, 0.25) is 5.91 Å². The normalized spacial score (nSPS) is 15.1. The van der Waals surface area contributed by atoms with E-state index in [0.29, 0.717) is 60.3 Å². The van der Waals surface area contributed by atoms with Gasteiger partial charge in [0.25, 0.3) is 5.91 Å². The fourth-order valence-corrected chi connectivity index (χ4v) is 5.07. The van der Waals surface area contributed by atoms with Crippen LogP contribution in [0, 0.1) is 5.92 Å². The number of fused-ring (bicyclic) bond motifs is 3. The van der Waals surface area contributed by atoms with Crippen LogP contribution < -0.4 is 15.2 Å². The highest BCUT2D eigenvalue weighted by molar-refractivity contribution is 6.32. The van der Waals surface area contributed by atoms with Crippen LogP contribution in [0.3, 0.4) is 0 Å². The molecular weight excluding hydrogens is 456 g/mol. The van der Waals surface area contributed by atoms with E-state index in [-0.39, 0.29) is 17.7 Å². The lowest BCUT2D eigenvalue weighted by Crippen LogP contribution is -2.42. The Morgan fingerprint density at radius 3 is 2.41 bits per heavy atom. The molecule has 1 aromatic heterocycles. The van der Waals surface area contributed by atoms with Crippen molar-refractivity contribution in [3.63, 3.8) is 0 Å². The molecule has 176 valence electrons. The van der Waals surface area contributed by atoms with E-state index >= 15 is 0 Å². The van der Waals surface area contributed by atoms with Crippen molar-refractivity contribution in [3.8, 4) is 28.4 Å². The molecule has 2 amide bonds. The number of aromatic nitrogens is 2. The quantitative estimate of drug-likeness (QED) is 0.471. The summed E-state index contributed by atoms with van der Waals surface area (Å²) in [5.74, 6) is 0.568. The van der Waals surface area contributed by atoms with E-state index in [2.05, 4.69) is 0 Å². The van der Waals surface area contributed by atoms with Gasteiger partial charge in [0.15, 0.2) is 17.2 Å². The van der Waals surface area contributed by atoms with Crippen LogP contribution in [0.2, 0.25) is 5.02 Å². The third-order valence-corrected chi connectivity index (χ3v) is 7.00. The zero-order valence-corrected chi connectivity index (χ0v) is 19.8. The van der Waals surface area contributed by atoms with Gasteiger partial charge in [-0.2, -0.15) is 5.10 Å². The van der Waals surface area contributed by atoms with Gasteiger partial charge in [-0.05, 0) is 42.7 Å². The van der Waals surface area contributed by atoms with Gasteiger partial charge in [-0.25, -0.2) is 4.68 Å². The zero-order valence-electron chi connectivity index (χ0n) is 19.0. The van der Waals surface area contributed by atoms with Gasteiger partial charge in [0.1, 0.15) is 0 Å². The molecule has 2 N–H and O–H groups in total. The summed E-state index contributed by atoms with van der Waals surface area (Å²) in [6.07, 6.45) is 1.65. The molecule has 5 rings (SSSR count). The van der Waals surface area contributed by atoms with Crippen LogP contribution >= 0.6 is 11.6 Å². The van der Waals surface area contributed by atoms with Crippen LogP contribution in [0.15, 0.2) is 36.4 Å². The summed E-state index contributed by atoms with van der Waals surface area (Å²) in [5.41, 5.74) is 10.1. The minimum Gasteiger partial charge on any atom is -0.493 e. The van der Waals surface area contributed by atoms with Gasteiger partial charge >= 0.3 is 0 Å². The number of methoxy groups -OCH3 is 2. The fourth-order valence-electron chi connectivity index (χ4n) is 4.86. The number of hydrogen-bond acceptors (Lipinski definition) is 5. The first-order valence-electron chi connectivity index (χ1n) is 11.1. The Hall–Kier alpha value is -3.52. The molecule has 2 aromatic carbocycles. The van der Waals surface area contributed by atoms with Gasteiger partial charge in [-0.1, -0.05) is 23.7 Å². The summed E-state index contributed by atoms with van der Waals surface area (Å²) < 4.78 is 12.8. The molecule has 0 spiro atoms. The van der Waals surface area contributed by atoms with Crippen LogP contribution in [-0.2, 0) is 11.2 Å². The van der Waals surface area contributed by atoms with Crippen molar-refractivity contribution < 1.29 is 19.1 Å². The predicted molar refractivity (Wildman–Crippen MR) is 128 cm³/mol. The lowest BCUT2D eigenvalue weighted by atomic mass is 9.96. The van der Waals surface area contributed by atoms with E-state index in [1.54, 1.807) is 29.9 Å². The summed E-state index contributed by atoms with van der Waals surface area (Å²) in [4.78, 5) is 26.9. The van der Waals surface area contributed by atoms with E-state index in [1.165, 1.54) is 0 Å². The minimum atomic E-state index is -0.311. The highest BCUT2D eigenvalue weighted by Gasteiger charge is 2.35. The number of nitrogens with two attached hydrogens (primary N) is 1. The Kier molecular flexibility index (Phi) is 5.69. The van der Waals surface area contributed by atoms with Gasteiger partial charge in [-0.3, -0.25) is 9.59 Å². The summed E-state index contributed by atoms with van der Waals surface area (Å²) in [7, 11) is 3.19. The lowest BCUT2D eigenvalue weighted by Gasteiger charge is -2.30. The number of hydrogen-bond donors (Lipinski definition) is 1. The number of carbonyl (C=O) groups excluding carboxylic acids is 2. The maximum absolute atomic E-state index is 13.6. The molecule has 9 heteroatoms. The largest absolute Gasteiger partial charge is 0.493 e. The van der Waals surface area contributed by atoms with Crippen molar-refractivity contribution in [2.75, 3.05) is 27.3 Å². The summed E-state index contributed by atoms with van der Waals surface area (Å²) in [6, 6.07) is 11.3. The average molecular weight is 481 g/mol. The van der Waals surface area contributed by atoms with Crippen molar-refractivity contribution in [2.24, 2.45) is 11.7 Å². The molecule has 0 saturated carbocycles. The molecule has 1 aliphatic carbocycles. The van der Waals surface area contributed by atoms with E-state index < -0.39 is 0 Å². The Morgan fingerprint density at radius 2 is 1.76 bits per heavy atom.